The first-order valence-corrected chi connectivity index (χ1v) is 6.88. The highest BCUT2D eigenvalue weighted by molar-refractivity contribution is 5.43. The average molecular weight is 253 g/mol. The van der Waals surface area contributed by atoms with Crippen LogP contribution in [-0.4, -0.2) is 16.5 Å². The van der Waals surface area contributed by atoms with Gasteiger partial charge in [0.25, 0.3) is 0 Å². The zero-order valence-electron chi connectivity index (χ0n) is 11.5. The largest absolute Gasteiger partial charge is 0.348 e. The van der Waals surface area contributed by atoms with Gasteiger partial charge in [-0.25, -0.2) is 4.98 Å². The quantitative estimate of drug-likeness (QED) is 0.821. The van der Waals surface area contributed by atoms with Gasteiger partial charge < -0.3 is 4.90 Å². The van der Waals surface area contributed by atoms with Crippen molar-refractivity contribution in [1.82, 2.24) is 9.97 Å². The first kappa shape index (κ1) is 12.2. The van der Waals surface area contributed by atoms with Crippen molar-refractivity contribution in [2.75, 3.05) is 11.4 Å². The summed E-state index contributed by atoms with van der Waals surface area (Å²) in [6.07, 6.45) is 2.36. The van der Waals surface area contributed by atoms with Crippen LogP contribution >= 0.6 is 0 Å². The van der Waals surface area contributed by atoms with Crippen LogP contribution in [0.5, 0.6) is 0 Å². The lowest BCUT2D eigenvalue weighted by Gasteiger charge is -2.25. The molecular weight excluding hydrogens is 234 g/mol. The van der Waals surface area contributed by atoms with Gasteiger partial charge in [0, 0.05) is 17.9 Å². The molecule has 3 nitrogen and oxygen atoms in total. The summed E-state index contributed by atoms with van der Waals surface area (Å²) in [5.74, 6) is 1.07. The average Bonchev–Trinajstić information content (AvgIpc) is 2.88. The molecule has 0 saturated carbocycles. The molecule has 0 amide bonds. The van der Waals surface area contributed by atoms with Gasteiger partial charge in [0.1, 0.15) is 5.82 Å². The van der Waals surface area contributed by atoms with Crippen molar-refractivity contribution in [2.45, 2.75) is 32.7 Å². The summed E-state index contributed by atoms with van der Waals surface area (Å²) in [4.78, 5) is 11.7. The lowest BCUT2D eigenvalue weighted by atomic mass is 10.1. The van der Waals surface area contributed by atoms with Gasteiger partial charge in [0.15, 0.2) is 0 Å². The molecule has 98 valence electrons. The standard InChI is InChI=1S/C16H19N3/c1-12-6-3-8-14(17-12)15-9-5-11-19(15)16-10-4-7-13(2)18-16/h3-4,6-8,10,15H,5,9,11H2,1-2H3/t15-/m0/s1. The molecule has 0 unspecified atom stereocenters. The third-order valence-corrected chi connectivity index (χ3v) is 3.67. The minimum Gasteiger partial charge on any atom is -0.348 e. The molecule has 19 heavy (non-hydrogen) atoms. The van der Waals surface area contributed by atoms with Gasteiger partial charge in [-0.1, -0.05) is 12.1 Å². The summed E-state index contributed by atoms with van der Waals surface area (Å²) < 4.78 is 0. The van der Waals surface area contributed by atoms with E-state index >= 15 is 0 Å². The van der Waals surface area contributed by atoms with Crippen molar-refractivity contribution in [3.05, 3.63) is 53.5 Å². The Labute approximate surface area is 114 Å². The van der Waals surface area contributed by atoms with Crippen LogP contribution in [0.25, 0.3) is 0 Å². The number of aromatic nitrogens is 2. The normalized spacial score (nSPS) is 18.8. The van der Waals surface area contributed by atoms with E-state index < -0.39 is 0 Å². The molecule has 1 aliphatic heterocycles. The number of anilines is 1. The zero-order valence-corrected chi connectivity index (χ0v) is 11.5. The van der Waals surface area contributed by atoms with Gasteiger partial charge >= 0.3 is 0 Å². The number of pyridine rings is 2. The predicted octanol–water partition coefficient (Wildman–Crippen LogP) is 3.43. The number of nitrogens with zero attached hydrogens (tertiary/aromatic N) is 3. The van der Waals surface area contributed by atoms with Gasteiger partial charge in [0.05, 0.1) is 11.7 Å². The molecule has 2 aromatic heterocycles. The molecule has 0 bridgehead atoms. The first-order valence-electron chi connectivity index (χ1n) is 6.88. The van der Waals surface area contributed by atoms with E-state index in [1.807, 2.05) is 26.0 Å². The molecule has 0 aromatic carbocycles. The van der Waals surface area contributed by atoms with Crippen LogP contribution in [0.2, 0.25) is 0 Å². The van der Waals surface area contributed by atoms with Crippen molar-refractivity contribution < 1.29 is 0 Å². The molecular formula is C16H19N3. The van der Waals surface area contributed by atoms with E-state index in [1.165, 1.54) is 12.1 Å². The van der Waals surface area contributed by atoms with E-state index in [0.717, 1.165) is 30.2 Å². The van der Waals surface area contributed by atoms with E-state index in [2.05, 4.69) is 39.1 Å². The van der Waals surface area contributed by atoms with Crippen LogP contribution in [0.3, 0.4) is 0 Å². The molecule has 0 aliphatic carbocycles. The number of hydrogen-bond donors (Lipinski definition) is 0. The van der Waals surface area contributed by atoms with E-state index in [-0.39, 0.29) is 0 Å². The molecule has 1 saturated heterocycles. The van der Waals surface area contributed by atoms with E-state index in [0.29, 0.717) is 6.04 Å². The van der Waals surface area contributed by atoms with Crippen molar-refractivity contribution in [1.29, 1.82) is 0 Å². The third-order valence-electron chi connectivity index (χ3n) is 3.67. The van der Waals surface area contributed by atoms with Gasteiger partial charge in [0.2, 0.25) is 0 Å². The third kappa shape index (κ3) is 2.46. The van der Waals surface area contributed by atoms with Crippen LogP contribution in [-0.2, 0) is 0 Å². The monoisotopic (exact) mass is 253 g/mol. The van der Waals surface area contributed by atoms with Gasteiger partial charge in [-0.2, -0.15) is 0 Å². The molecule has 3 heterocycles. The molecule has 1 aliphatic rings. The van der Waals surface area contributed by atoms with Crippen LogP contribution in [0.15, 0.2) is 36.4 Å². The maximum Gasteiger partial charge on any atom is 0.129 e. The Morgan fingerprint density at radius 2 is 1.74 bits per heavy atom. The van der Waals surface area contributed by atoms with E-state index in [4.69, 9.17) is 0 Å². The number of rotatable bonds is 2. The Bertz CT molecular complexity index is 528. The fourth-order valence-corrected chi connectivity index (χ4v) is 2.79. The van der Waals surface area contributed by atoms with Crippen LogP contribution < -0.4 is 4.90 Å². The lowest BCUT2D eigenvalue weighted by molar-refractivity contribution is 0.684. The van der Waals surface area contributed by atoms with Crippen molar-refractivity contribution in [3.8, 4) is 0 Å². The summed E-state index contributed by atoms with van der Waals surface area (Å²) in [6, 6.07) is 12.9. The van der Waals surface area contributed by atoms with Crippen molar-refractivity contribution in [3.63, 3.8) is 0 Å². The summed E-state index contributed by atoms with van der Waals surface area (Å²) in [6.45, 7) is 5.16. The van der Waals surface area contributed by atoms with Crippen LogP contribution in [0.1, 0.15) is 36.0 Å². The fraction of sp³-hybridized carbons (Fsp3) is 0.375. The zero-order chi connectivity index (χ0) is 13.2. The predicted molar refractivity (Wildman–Crippen MR) is 77.3 cm³/mol. The summed E-state index contributed by atoms with van der Waals surface area (Å²) in [7, 11) is 0. The van der Waals surface area contributed by atoms with Crippen molar-refractivity contribution >= 4 is 5.82 Å². The molecule has 3 rings (SSSR count). The Balaban J connectivity index is 1.93. The second kappa shape index (κ2) is 5.00. The lowest BCUT2D eigenvalue weighted by Crippen LogP contribution is -2.24. The van der Waals surface area contributed by atoms with Gasteiger partial charge in [-0.05, 0) is 51.0 Å². The van der Waals surface area contributed by atoms with Gasteiger partial charge in [-0.3, -0.25) is 4.98 Å². The maximum absolute atomic E-state index is 4.68. The second-order valence-electron chi connectivity index (χ2n) is 5.19. The molecule has 1 atom stereocenters. The fourth-order valence-electron chi connectivity index (χ4n) is 2.79. The highest BCUT2D eigenvalue weighted by atomic mass is 15.2. The summed E-state index contributed by atoms with van der Waals surface area (Å²) >= 11 is 0. The second-order valence-corrected chi connectivity index (χ2v) is 5.19. The van der Waals surface area contributed by atoms with Crippen LogP contribution in [0.4, 0.5) is 5.82 Å². The molecule has 2 aromatic rings. The Morgan fingerprint density at radius 3 is 2.47 bits per heavy atom. The molecule has 3 heteroatoms. The smallest absolute Gasteiger partial charge is 0.129 e. The highest BCUT2D eigenvalue weighted by Crippen LogP contribution is 2.34. The van der Waals surface area contributed by atoms with E-state index in [9.17, 15) is 0 Å². The highest BCUT2D eigenvalue weighted by Gasteiger charge is 2.28. The molecule has 0 radical (unpaired) electrons. The van der Waals surface area contributed by atoms with Crippen molar-refractivity contribution in [2.24, 2.45) is 0 Å². The minimum atomic E-state index is 0.370. The Hall–Kier alpha value is -1.90. The SMILES string of the molecule is Cc1cccc([C@@H]2CCCN2c2cccc(C)n2)n1. The topological polar surface area (TPSA) is 29.0 Å². The van der Waals surface area contributed by atoms with Gasteiger partial charge in [-0.15, -0.1) is 0 Å². The number of hydrogen-bond acceptors (Lipinski definition) is 3. The summed E-state index contributed by atoms with van der Waals surface area (Å²) in [5.41, 5.74) is 3.32. The maximum atomic E-state index is 4.68. The Kier molecular flexibility index (Phi) is 3.20. The molecule has 0 spiro atoms. The molecule has 0 N–H and O–H groups in total. The van der Waals surface area contributed by atoms with E-state index in [1.54, 1.807) is 0 Å². The minimum absolute atomic E-state index is 0.370. The molecule has 1 fully saturated rings. The number of aryl methyl sites for hydroxylation is 2. The first-order chi connectivity index (χ1) is 9.24. The Morgan fingerprint density at radius 1 is 1.00 bits per heavy atom. The van der Waals surface area contributed by atoms with Crippen LogP contribution in [0, 0.1) is 13.8 Å². The summed E-state index contributed by atoms with van der Waals surface area (Å²) in [5, 5.41) is 0.